The summed E-state index contributed by atoms with van der Waals surface area (Å²) in [6, 6.07) is 10.3. The number of aryl methyl sites for hydroxylation is 1. The molecular weight excluding hydrogens is 198 g/mol. The Balaban J connectivity index is 2.22. The summed E-state index contributed by atoms with van der Waals surface area (Å²) in [5.74, 6) is 0.715. The van der Waals surface area contributed by atoms with Gasteiger partial charge in [-0.3, -0.25) is 4.57 Å². The molecule has 0 aliphatic rings. The first-order valence-electron chi connectivity index (χ1n) is 5.20. The lowest BCUT2D eigenvalue weighted by Crippen LogP contribution is -1.98. The number of benzene rings is 1. The molecule has 78 valence electrons. The molecule has 0 aliphatic heterocycles. The van der Waals surface area contributed by atoms with Gasteiger partial charge in [-0.05, 0) is 24.6 Å². The van der Waals surface area contributed by atoms with Crippen molar-refractivity contribution in [1.82, 2.24) is 14.5 Å². The Kier molecular flexibility index (Phi) is 1.96. The molecule has 0 saturated heterocycles. The number of nitrogens with zero attached hydrogens (tertiary/aromatic N) is 3. The summed E-state index contributed by atoms with van der Waals surface area (Å²) < 4.78 is 1.99. The maximum Gasteiger partial charge on any atom is 0.234 e. The van der Waals surface area contributed by atoms with Gasteiger partial charge in [0.05, 0.1) is 5.52 Å². The molecule has 0 radical (unpaired) electrons. The lowest BCUT2D eigenvalue weighted by atomic mass is 10.2. The molecule has 3 nitrogen and oxygen atoms in total. The van der Waals surface area contributed by atoms with E-state index in [0.717, 1.165) is 11.1 Å². The molecule has 0 amide bonds. The van der Waals surface area contributed by atoms with Crippen LogP contribution in [0.1, 0.15) is 5.56 Å². The van der Waals surface area contributed by atoms with E-state index in [1.165, 1.54) is 5.39 Å². The second-order valence-corrected chi connectivity index (χ2v) is 3.80. The second kappa shape index (κ2) is 3.45. The predicted molar refractivity (Wildman–Crippen MR) is 63.6 cm³/mol. The molecule has 1 aromatic carbocycles. The number of fused-ring (bicyclic) bond motifs is 1. The van der Waals surface area contributed by atoms with Crippen molar-refractivity contribution in [2.45, 2.75) is 6.92 Å². The van der Waals surface area contributed by atoms with E-state index in [2.05, 4.69) is 28.2 Å². The minimum atomic E-state index is 0.715. The van der Waals surface area contributed by atoms with Gasteiger partial charge in [-0.2, -0.15) is 0 Å². The lowest BCUT2D eigenvalue weighted by Gasteiger charge is -2.02. The van der Waals surface area contributed by atoms with Crippen LogP contribution in [0.3, 0.4) is 0 Å². The molecule has 2 aromatic heterocycles. The van der Waals surface area contributed by atoms with E-state index in [0.29, 0.717) is 5.95 Å². The summed E-state index contributed by atoms with van der Waals surface area (Å²) in [5, 5.41) is 1.20. The Morgan fingerprint density at radius 3 is 2.56 bits per heavy atom. The van der Waals surface area contributed by atoms with Crippen LogP contribution < -0.4 is 0 Å². The van der Waals surface area contributed by atoms with Gasteiger partial charge < -0.3 is 0 Å². The van der Waals surface area contributed by atoms with Crippen molar-refractivity contribution in [2.75, 3.05) is 0 Å². The average Bonchev–Trinajstić information content (AvgIpc) is 2.74. The predicted octanol–water partition coefficient (Wildman–Crippen LogP) is 2.73. The minimum absolute atomic E-state index is 0.715. The zero-order chi connectivity index (χ0) is 11.0. The minimum Gasteiger partial charge on any atom is -0.285 e. The average molecular weight is 209 g/mol. The van der Waals surface area contributed by atoms with Crippen LogP contribution in [0.4, 0.5) is 0 Å². The topological polar surface area (TPSA) is 30.7 Å². The molecule has 3 heteroatoms. The quantitative estimate of drug-likeness (QED) is 0.617. The van der Waals surface area contributed by atoms with Crippen LogP contribution in [0.5, 0.6) is 0 Å². The highest BCUT2D eigenvalue weighted by molar-refractivity contribution is 5.81. The van der Waals surface area contributed by atoms with Crippen molar-refractivity contribution < 1.29 is 0 Å². The Bertz CT molecular complexity index is 623. The van der Waals surface area contributed by atoms with Gasteiger partial charge in [0.1, 0.15) is 0 Å². The van der Waals surface area contributed by atoms with Gasteiger partial charge in [0.2, 0.25) is 5.95 Å². The largest absolute Gasteiger partial charge is 0.285 e. The van der Waals surface area contributed by atoms with Crippen LogP contribution in [0.2, 0.25) is 0 Å². The normalized spacial score (nSPS) is 10.8. The summed E-state index contributed by atoms with van der Waals surface area (Å²) in [6.07, 6.45) is 5.66. The number of para-hydroxylation sites is 1. The van der Waals surface area contributed by atoms with Crippen molar-refractivity contribution in [1.29, 1.82) is 0 Å². The smallest absolute Gasteiger partial charge is 0.234 e. The first-order chi connectivity index (χ1) is 7.84. The third-order valence-electron chi connectivity index (χ3n) is 2.58. The van der Waals surface area contributed by atoms with E-state index in [1.807, 2.05) is 42.2 Å². The van der Waals surface area contributed by atoms with Gasteiger partial charge in [0, 0.05) is 24.0 Å². The summed E-state index contributed by atoms with van der Waals surface area (Å²) in [5.41, 5.74) is 2.20. The molecule has 3 aromatic rings. The molecule has 16 heavy (non-hydrogen) atoms. The fourth-order valence-corrected chi connectivity index (χ4v) is 1.77. The van der Waals surface area contributed by atoms with Gasteiger partial charge in [0.15, 0.2) is 0 Å². The summed E-state index contributed by atoms with van der Waals surface area (Å²) in [4.78, 5) is 8.65. The van der Waals surface area contributed by atoms with Crippen LogP contribution in [-0.4, -0.2) is 14.5 Å². The fourth-order valence-electron chi connectivity index (χ4n) is 1.77. The summed E-state index contributed by atoms with van der Waals surface area (Å²) in [7, 11) is 0. The highest BCUT2D eigenvalue weighted by Gasteiger charge is 2.03. The first-order valence-corrected chi connectivity index (χ1v) is 5.20. The molecule has 0 fully saturated rings. The van der Waals surface area contributed by atoms with Crippen molar-refractivity contribution in [3.8, 4) is 5.95 Å². The maximum absolute atomic E-state index is 4.32. The van der Waals surface area contributed by atoms with E-state index in [1.54, 1.807) is 0 Å². The van der Waals surface area contributed by atoms with Gasteiger partial charge >= 0.3 is 0 Å². The third kappa shape index (κ3) is 1.37. The van der Waals surface area contributed by atoms with Gasteiger partial charge in [-0.15, -0.1) is 0 Å². The first kappa shape index (κ1) is 9.09. The monoisotopic (exact) mass is 209 g/mol. The SMILES string of the molecule is Cc1cnc(-n2ccc3ccccc32)nc1. The Morgan fingerprint density at radius 2 is 1.75 bits per heavy atom. The van der Waals surface area contributed by atoms with Crippen molar-refractivity contribution in [2.24, 2.45) is 0 Å². The highest BCUT2D eigenvalue weighted by atomic mass is 15.1. The van der Waals surface area contributed by atoms with E-state index < -0.39 is 0 Å². The van der Waals surface area contributed by atoms with Crippen LogP contribution in [0.25, 0.3) is 16.9 Å². The van der Waals surface area contributed by atoms with E-state index >= 15 is 0 Å². The molecule has 0 unspecified atom stereocenters. The van der Waals surface area contributed by atoms with E-state index in [-0.39, 0.29) is 0 Å². The molecule has 0 aliphatic carbocycles. The van der Waals surface area contributed by atoms with Crippen LogP contribution in [0.15, 0.2) is 48.9 Å². The van der Waals surface area contributed by atoms with Crippen molar-refractivity contribution in [3.63, 3.8) is 0 Å². The molecule has 0 spiro atoms. The number of rotatable bonds is 1. The molecule has 0 N–H and O–H groups in total. The van der Waals surface area contributed by atoms with Crippen LogP contribution in [0, 0.1) is 6.92 Å². The fraction of sp³-hybridized carbons (Fsp3) is 0.0769. The molecule has 2 heterocycles. The lowest BCUT2D eigenvalue weighted by molar-refractivity contribution is 0.952. The number of hydrogen-bond donors (Lipinski definition) is 0. The zero-order valence-electron chi connectivity index (χ0n) is 8.96. The molecule has 3 rings (SSSR count). The van der Waals surface area contributed by atoms with E-state index in [9.17, 15) is 0 Å². The summed E-state index contributed by atoms with van der Waals surface area (Å²) in [6.45, 7) is 1.98. The van der Waals surface area contributed by atoms with Crippen LogP contribution in [-0.2, 0) is 0 Å². The molecule has 0 saturated carbocycles. The maximum atomic E-state index is 4.32. The zero-order valence-corrected chi connectivity index (χ0v) is 8.96. The molecule has 0 atom stereocenters. The van der Waals surface area contributed by atoms with Crippen molar-refractivity contribution >= 4 is 10.9 Å². The van der Waals surface area contributed by atoms with Gasteiger partial charge in [-0.1, -0.05) is 18.2 Å². The molecular formula is C13H11N3. The molecule has 0 bridgehead atoms. The van der Waals surface area contributed by atoms with Crippen molar-refractivity contribution in [3.05, 3.63) is 54.5 Å². The van der Waals surface area contributed by atoms with Gasteiger partial charge in [-0.25, -0.2) is 9.97 Å². The number of hydrogen-bond acceptors (Lipinski definition) is 2. The van der Waals surface area contributed by atoms with Gasteiger partial charge in [0.25, 0.3) is 0 Å². The second-order valence-electron chi connectivity index (χ2n) is 3.80. The highest BCUT2D eigenvalue weighted by Crippen LogP contribution is 2.17. The third-order valence-corrected chi connectivity index (χ3v) is 2.58. The standard InChI is InChI=1S/C13H11N3/c1-10-8-14-13(15-9-10)16-7-6-11-4-2-3-5-12(11)16/h2-9H,1H3. The summed E-state index contributed by atoms with van der Waals surface area (Å²) >= 11 is 0. The number of aromatic nitrogens is 3. The van der Waals surface area contributed by atoms with Crippen LogP contribution >= 0.6 is 0 Å². The Hall–Kier alpha value is -2.16. The Labute approximate surface area is 93.4 Å². The van der Waals surface area contributed by atoms with E-state index in [4.69, 9.17) is 0 Å². The Morgan fingerprint density at radius 1 is 1.00 bits per heavy atom.